The second kappa shape index (κ2) is 8.04. The van der Waals surface area contributed by atoms with Crippen LogP contribution in [0.3, 0.4) is 0 Å². The van der Waals surface area contributed by atoms with E-state index in [1.54, 1.807) is 0 Å². The summed E-state index contributed by atoms with van der Waals surface area (Å²) in [6.07, 6.45) is 2.52. The fraction of sp³-hybridized carbons (Fsp3) is 0.462. The molecule has 0 unspecified atom stereocenters. The van der Waals surface area contributed by atoms with Crippen molar-refractivity contribution in [2.24, 2.45) is 5.92 Å². The van der Waals surface area contributed by atoms with Crippen LogP contribution in [0.5, 0.6) is 0 Å². The topological polar surface area (TPSA) is 37.3 Å². The summed E-state index contributed by atoms with van der Waals surface area (Å²) in [5.41, 5.74) is 1.46. The summed E-state index contributed by atoms with van der Waals surface area (Å²) < 4.78 is 0. The van der Waals surface area contributed by atoms with Gasteiger partial charge in [0.25, 0.3) is 5.97 Å². The van der Waals surface area contributed by atoms with Crippen LogP contribution in [0.4, 0.5) is 0 Å². The highest BCUT2D eigenvalue weighted by Crippen LogP contribution is 2.07. The number of rotatable bonds is 3. The molecule has 0 saturated carbocycles. The first-order valence-electron chi connectivity index (χ1n) is 5.25. The van der Waals surface area contributed by atoms with E-state index in [0.717, 1.165) is 12.8 Å². The van der Waals surface area contributed by atoms with Gasteiger partial charge in [-0.05, 0) is 24.3 Å². The molecule has 0 aliphatic carbocycles. The third-order valence-corrected chi connectivity index (χ3v) is 1.85. The number of carboxylic acids is 1. The molecule has 1 rings (SSSR count). The molecule has 1 aromatic carbocycles. The zero-order valence-electron chi connectivity index (χ0n) is 9.73. The summed E-state index contributed by atoms with van der Waals surface area (Å²) in [5, 5.41) is 7.42. The number of carboxylic acid groups (broad SMARTS) is 1. The van der Waals surface area contributed by atoms with E-state index in [1.807, 2.05) is 0 Å². The minimum absolute atomic E-state index is 0.815. The van der Waals surface area contributed by atoms with Gasteiger partial charge in [0, 0.05) is 6.92 Å². The quantitative estimate of drug-likeness (QED) is 0.827. The molecule has 0 spiro atoms. The molecule has 84 valence electrons. The van der Waals surface area contributed by atoms with E-state index in [2.05, 4.69) is 44.2 Å². The molecule has 1 N–H and O–H groups in total. The van der Waals surface area contributed by atoms with E-state index in [4.69, 9.17) is 9.90 Å². The van der Waals surface area contributed by atoms with Gasteiger partial charge in [-0.15, -0.1) is 0 Å². The van der Waals surface area contributed by atoms with E-state index in [0.29, 0.717) is 0 Å². The predicted octanol–water partition coefficient (Wildman–Crippen LogP) is 3.37. The van der Waals surface area contributed by atoms with Gasteiger partial charge in [0.05, 0.1) is 0 Å². The second-order valence-corrected chi connectivity index (χ2v) is 3.94. The Morgan fingerprint density at radius 2 is 1.73 bits per heavy atom. The van der Waals surface area contributed by atoms with Gasteiger partial charge < -0.3 is 5.11 Å². The molecule has 0 heterocycles. The Hall–Kier alpha value is -1.31. The van der Waals surface area contributed by atoms with E-state index in [1.165, 1.54) is 18.4 Å². The Labute approximate surface area is 91.9 Å². The van der Waals surface area contributed by atoms with Gasteiger partial charge in [-0.2, -0.15) is 0 Å². The highest BCUT2D eigenvalue weighted by atomic mass is 16.4. The van der Waals surface area contributed by atoms with Gasteiger partial charge in [0.1, 0.15) is 0 Å². The van der Waals surface area contributed by atoms with Crippen molar-refractivity contribution < 1.29 is 9.90 Å². The summed E-state index contributed by atoms with van der Waals surface area (Å²) in [5.74, 6) is -0.0183. The number of benzene rings is 1. The Morgan fingerprint density at radius 1 is 1.27 bits per heavy atom. The van der Waals surface area contributed by atoms with Gasteiger partial charge in [0.2, 0.25) is 0 Å². The SMILES string of the molecule is CC(=O)O.CC(C)CCc1ccccc1. The van der Waals surface area contributed by atoms with Crippen LogP contribution in [0.1, 0.15) is 32.8 Å². The van der Waals surface area contributed by atoms with Crippen LogP contribution in [0, 0.1) is 5.92 Å². The zero-order valence-corrected chi connectivity index (χ0v) is 9.73. The van der Waals surface area contributed by atoms with Crippen LogP contribution < -0.4 is 0 Å². The van der Waals surface area contributed by atoms with Crippen LogP contribution in [0.15, 0.2) is 30.3 Å². The molecule has 2 nitrogen and oxygen atoms in total. The van der Waals surface area contributed by atoms with Crippen molar-refractivity contribution in [2.75, 3.05) is 0 Å². The third-order valence-electron chi connectivity index (χ3n) is 1.85. The molecule has 0 fully saturated rings. The van der Waals surface area contributed by atoms with E-state index in [-0.39, 0.29) is 0 Å². The van der Waals surface area contributed by atoms with Gasteiger partial charge in [-0.25, -0.2) is 0 Å². The minimum Gasteiger partial charge on any atom is -0.481 e. The molecule has 0 atom stereocenters. The van der Waals surface area contributed by atoms with Gasteiger partial charge in [0.15, 0.2) is 0 Å². The van der Waals surface area contributed by atoms with Gasteiger partial charge >= 0.3 is 0 Å². The molecule has 0 amide bonds. The van der Waals surface area contributed by atoms with E-state index < -0.39 is 5.97 Å². The van der Waals surface area contributed by atoms with Crippen LogP contribution in [0.2, 0.25) is 0 Å². The minimum atomic E-state index is -0.833. The lowest BCUT2D eigenvalue weighted by molar-refractivity contribution is -0.134. The fourth-order valence-corrected chi connectivity index (χ4v) is 1.10. The first-order chi connectivity index (χ1) is 7.02. The first-order valence-corrected chi connectivity index (χ1v) is 5.25. The average molecular weight is 208 g/mol. The van der Waals surface area contributed by atoms with E-state index in [9.17, 15) is 0 Å². The largest absolute Gasteiger partial charge is 0.481 e. The monoisotopic (exact) mass is 208 g/mol. The molecule has 15 heavy (non-hydrogen) atoms. The summed E-state index contributed by atoms with van der Waals surface area (Å²) in [6, 6.07) is 10.7. The molecular weight excluding hydrogens is 188 g/mol. The molecule has 0 aromatic heterocycles. The highest BCUT2D eigenvalue weighted by Gasteiger charge is 1.94. The van der Waals surface area contributed by atoms with Crippen LogP contribution in [-0.2, 0) is 11.2 Å². The van der Waals surface area contributed by atoms with Crippen LogP contribution >= 0.6 is 0 Å². The molecule has 0 bridgehead atoms. The lowest BCUT2D eigenvalue weighted by Crippen LogP contribution is -1.91. The fourth-order valence-electron chi connectivity index (χ4n) is 1.10. The molecule has 2 heteroatoms. The Morgan fingerprint density at radius 3 is 2.13 bits per heavy atom. The number of hydrogen-bond donors (Lipinski definition) is 1. The maximum Gasteiger partial charge on any atom is 0.300 e. The standard InChI is InChI=1S/C11H16.C2H4O2/c1-10(2)8-9-11-6-4-3-5-7-11;1-2(3)4/h3-7,10H,8-9H2,1-2H3;1H3,(H,3,4). The van der Waals surface area contributed by atoms with Crippen molar-refractivity contribution in [3.8, 4) is 0 Å². The van der Waals surface area contributed by atoms with Gasteiger partial charge in [-0.1, -0.05) is 44.2 Å². The molecule has 1 aromatic rings. The number of hydrogen-bond acceptors (Lipinski definition) is 1. The smallest absolute Gasteiger partial charge is 0.300 e. The Bertz CT molecular complexity index is 261. The molecule has 0 radical (unpaired) electrons. The predicted molar refractivity (Wildman–Crippen MR) is 62.9 cm³/mol. The van der Waals surface area contributed by atoms with Crippen molar-refractivity contribution in [2.45, 2.75) is 33.6 Å². The summed E-state index contributed by atoms with van der Waals surface area (Å²) >= 11 is 0. The zero-order chi connectivity index (χ0) is 11.7. The molecule has 0 saturated heterocycles. The summed E-state index contributed by atoms with van der Waals surface area (Å²) in [6.45, 7) is 5.62. The van der Waals surface area contributed by atoms with Gasteiger partial charge in [-0.3, -0.25) is 4.79 Å². The van der Waals surface area contributed by atoms with Crippen LogP contribution in [0.25, 0.3) is 0 Å². The van der Waals surface area contributed by atoms with Crippen molar-refractivity contribution in [1.29, 1.82) is 0 Å². The van der Waals surface area contributed by atoms with Crippen molar-refractivity contribution in [3.05, 3.63) is 35.9 Å². The number of aryl methyl sites for hydroxylation is 1. The van der Waals surface area contributed by atoms with Crippen LogP contribution in [-0.4, -0.2) is 11.1 Å². The number of carbonyl (C=O) groups is 1. The second-order valence-electron chi connectivity index (χ2n) is 3.94. The number of aliphatic carboxylic acids is 1. The Balaban J connectivity index is 0.000000423. The molecular formula is C13H20O2. The maximum atomic E-state index is 9.00. The first kappa shape index (κ1) is 13.7. The third kappa shape index (κ3) is 10.6. The molecule has 0 aliphatic heterocycles. The highest BCUT2D eigenvalue weighted by molar-refractivity contribution is 5.62. The van der Waals surface area contributed by atoms with Crippen molar-refractivity contribution in [3.63, 3.8) is 0 Å². The maximum absolute atomic E-state index is 9.00. The summed E-state index contributed by atoms with van der Waals surface area (Å²) in [7, 11) is 0. The lowest BCUT2D eigenvalue weighted by Gasteiger charge is -2.03. The Kier molecular flexibility index (Phi) is 7.33. The van der Waals surface area contributed by atoms with Crippen molar-refractivity contribution in [1.82, 2.24) is 0 Å². The average Bonchev–Trinajstić information content (AvgIpc) is 2.15. The van der Waals surface area contributed by atoms with E-state index >= 15 is 0 Å². The van der Waals surface area contributed by atoms with Crippen molar-refractivity contribution >= 4 is 5.97 Å². The normalized spacial score (nSPS) is 9.33. The molecule has 0 aliphatic rings. The summed E-state index contributed by atoms with van der Waals surface area (Å²) in [4.78, 5) is 9.00. The lowest BCUT2D eigenvalue weighted by atomic mass is 10.0.